The molecule has 2 atom stereocenters. The Bertz CT molecular complexity index is 1740. The Kier molecular flexibility index (Phi) is 8.83. The molecular weight excluding hydrogens is 584 g/mol. The highest BCUT2D eigenvalue weighted by Gasteiger charge is 2.35. The number of nitrogen functional groups attached to an aromatic ring is 1. The molecule has 0 aliphatic carbocycles. The molecule has 0 saturated carbocycles. The number of ether oxygens (including phenoxy) is 4. The summed E-state index contributed by atoms with van der Waals surface area (Å²) in [4.78, 5) is 10.7. The molecule has 2 saturated heterocycles. The summed E-state index contributed by atoms with van der Waals surface area (Å²) in [6.45, 7) is 23.5. The monoisotopic (exact) mass is 634 g/mol. The van der Waals surface area contributed by atoms with E-state index in [4.69, 9.17) is 24.7 Å². The lowest BCUT2D eigenvalue weighted by Gasteiger charge is -2.24. The third-order valence-electron chi connectivity index (χ3n) is 8.47. The zero-order chi connectivity index (χ0) is 33.8. The van der Waals surface area contributed by atoms with E-state index in [0.717, 1.165) is 28.8 Å². The van der Waals surface area contributed by atoms with E-state index in [2.05, 4.69) is 62.8 Å². The van der Waals surface area contributed by atoms with E-state index in [-0.39, 0.29) is 33.6 Å². The van der Waals surface area contributed by atoms with Crippen LogP contribution in [0.3, 0.4) is 0 Å². The molecule has 10 nitrogen and oxygen atoms in total. The number of fused-ring (bicyclic) bond motifs is 2. The average molecular weight is 635 g/mol. The summed E-state index contributed by atoms with van der Waals surface area (Å²) in [5.74, 6) is -1.05. The number of aromatic nitrogens is 2. The van der Waals surface area contributed by atoms with Crippen LogP contribution in [0.5, 0.6) is 0 Å². The fourth-order valence-corrected chi connectivity index (χ4v) is 6.41. The minimum Gasteiger partial charge on any atom is -0.399 e. The number of nitro groups is 1. The van der Waals surface area contributed by atoms with Crippen LogP contribution in [-0.2, 0) is 42.9 Å². The second kappa shape index (κ2) is 12.0. The predicted molar refractivity (Wildman–Crippen MR) is 182 cm³/mol. The molecule has 0 spiro atoms. The first-order valence-corrected chi connectivity index (χ1v) is 16.0. The Hall–Kier alpha value is -3.44. The lowest BCUT2D eigenvalue weighted by molar-refractivity contribution is -0.384. The maximum absolute atomic E-state index is 11.0. The van der Waals surface area contributed by atoms with Crippen LogP contribution in [0.1, 0.15) is 80.6 Å². The lowest BCUT2D eigenvalue weighted by Crippen LogP contribution is -2.26. The van der Waals surface area contributed by atoms with Gasteiger partial charge < -0.3 is 33.8 Å². The van der Waals surface area contributed by atoms with Crippen molar-refractivity contribution in [2.75, 3.05) is 18.9 Å². The number of nitrogens with two attached hydrogens (primary N) is 1. The van der Waals surface area contributed by atoms with Crippen LogP contribution in [0.4, 0.5) is 11.4 Å². The first-order chi connectivity index (χ1) is 21.2. The minimum absolute atomic E-state index is 0.0353. The largest absolute Gasteiger partial charge is 0.399 e. The summed E-state index contributed by atoms with van der Waals surface area (Å²) in [7, 11) is 0. The fourth-order valence-electron chi connectivity index (χ4n) is 6.41. The van der Waals surface area contributed by atoms with Gasteiger partial charge in [-0.1, -0.05) is 41.5 Å². The summed E-state index contributed by atoms with van der Waals surface area (Å²) in [6.07, 6.45) is 0.0381. The van der Waals surface area contributed by atoms with Crippen molar-refractivity contribution in [3.05, 3.63) is 70.0 Å². The van der Waals surface area contributed by atoms with Gasteiger partial charge in [0.25, 0.3) is 5.69 Å². The summed E-state index contributed by atoms with van der Waals surface area (Å²) in [5, 5.41) is 13.1. The van der Waals surface area contributed by atoms with Crippen LogP contribution in [-0.4, -0.2) is 51.1 Å². The predicted octanol–water partition coefficient (Wildman–Crippen LogP) is 7.67. The first kappa shape index (κ1) is 33.9. The van der Waals surface area contributed by atoms with Crippen LogP contribution < -0.4 is 5.73 Å². The molecule has 4 heterocycles. The number of hydrogen-bond donors (Lipinski definition) is 1. The zero-order valence-electron chi connectivity index (χ0n) is 29.0. The van der Waals surface area contributed by atoms with Crippen LogP contribution in [0.25, 0.3) is 21.8 Å². The molecule has 2 aromatic heterocycles. The molecule has 2 aromatic carbocycles. The summed E-state index contributed by atoms with van der Waals surface area (Å²) in [5.41, 5.74) is 11.4. The van der Waals surface area contributed by atoms with E-state index in [9.17, 15) is 10.1 Å². The van der Waals surface area contributed by atoms with Gasteiger partial charge in [-0.05, 0) is 64.1 Å². The minimum atomic E-state index is -0.561. The molecule has 2 fully saturated rings. The third-order valence-corrected chi connectivity index (χ3v) is 8.47. The van der Waals surface area contributed by atoms with Crippen molar-refractivity contribution in [3.63, 3.8) is 0 Å². The van der Waals surface area contributed by atoms with Gasteiger partial charge in [0.1, 0.15) is 12.2 Å². The third kappa shape index (κ3) is 7.41. The molecule has 0 radical (unpaired) electrons. The molecule has 4 aromatic rings. The molecule has 2 N–H and O–H groups in total. The zero-order valence-corrected chi connectivity index (χ0v) is 29.0. The molecule has 2 aliphatic heterocycles. The van der Waals surface area contributed by atoms with Gasteiger partial charge in [0, 0.05) is 61.8 Å². The van der Waals surface area contributed by atoms with Gasteiger partial charge in [0.15, 0.2) is 11.6 Å². The maximum atomic E-state index is 11.0. The van der Waals surface area contributed by atoms with Crippen molar-refractivity contribution in [2.45, 2.75) is 117 Å². The maximum Gasteiger partial charge on any atom is 0.270 e. The van der Waals surface area contributed by atoms with Gasteiger partial charge in [-0.3, -0.25) is 10.1 Å². The lowest BCUT2D eigenvalue weighted by atomic mass is 9.92. The second-order valence-corrected chi connectivity index (χ2v) is 15.5. The van der Waals surface area contributed by atoms with E-state index in [1.54, 1.807) is 12.1 Å². The number of benzene rings is 2. The molecular formula is C36H50N4O6. The van der Waals surface area contributed by atoms with E-state index >= 15 is 0 Å². The highest BCUT2D eigenvalue weighted by molar-refractivity contribution is 5.85. The Morgan fingerprint density at radius 1 is 0.761 bits per heavy atom. The molecule has 250 valence electrons. The summed E-state index contributed by atoms with van der Waals surface area (Å²) >= 11 is 0. The quantitative estimate of drug-likeness (QED) is 0.136. The normalized spacial score (nSPS) is 21.1. The number of anilines is 1. The van der Waals surface area contributed by atoms with Crippen molar-refractivity contribution in [1.29, 1.82) is 0 Å². The Morgan fingerprint density at radius 3 is 1.59 bits per heavy atom. The SMILES string of the molecule is CC1(C)OC[C@@H](Cn2c(C(C)(C)C)cc3cc(N)ccc32)O1.CC1(C)OC[C@@H](Cn2c(C(C)(C)C)cc3cc([N+](=O)[O-])ccc32)O1. The topological polar surface area (TPSA) is 116 Å². The highest BCUT2D eigenvalue weighted by atomic mass is 16.7. The number of non-ortho nitro benzene ring substituents is 1. The Morgan fingerprint density at radius 2 is 1.20 bits per heavy atom. The van der Waals surface area contributed by atoms with Crippen molar-refractivity contribution >= 4 is 33.2 Å². The number of nitrogens with zero attached hydrogens (tertiary/aromatic N) is 3. The van der Waals surface area contributed by atoms with Gasteiger partial charge in [-0.2, -0.15) is 0 Å². The average Bonchev–Trinajstić information content (AvgIpc) is 3.67. The molecule has 0 unspecified atom stereocenters. The van der Waals surface area contributed by atoms with Crippen LogP contribution in [0.15, 0.2) is 48.5 Å². The van der Waals surface area contributed by atoms with Gasteiger partial charge >= 0.3 is 0 Å². The molecule has 0 amide bonds. The van der Waals surface area contributed by atoms with Gasteiger partial charge in [0.05, 0.1) is 31.2 Å². The van der Waals surface area contributed by atoms with E-state index < -0.39 is 11.6 Å². The van der Waals surface area contributed by atoms with Crippen LogP contribution in [0, 0.1) is 10.1 Å². The standard InChI is InChI=1S/C18H24N2O4.C18H26N2O2/c1-17(2,3)16-9-12-8-13(20(21)22)6-7-15(12)19(16)10-14-11-23-18(4,5)24-14;1-17(2,3)16-9-12-8-13(19)6-7-15(12)20(16)10-14-11-21-18(4,5)22-14/h6-9,14H,10-11H2,1-5H3;6-9,14H,10-11,19H2,1-5H3/t2*14-/m11/s1. The van der Waals surface area contributed by atoms with Crippen LogP contribution in [0.2, 0.25) is 0 Å². The molecule has 10 heteroatoms. The van der Waals surface area contributed by atoms with E-state index in [1.165, 1.54) is 16.6 Å². The van der Waals surface area contributed by atoms with E-state index in [0.29, 0.717) is 19.8 Å². The van der Waals surface area contributed by atoms with Crippen molar-refractivity contribution in [2.24, 2.45) is 0 Å². The summed E-state index contributed by atoms with van der Waals surface area (Å²) in [6, 6.07) is 15.4. The van der Waals surface area contributed by atoms with Gasteiger partial charge in [-0.25, -0.2) is 0 Å². The molecule has 0 bridgehead atoms. The molecule has 6 rings (SSSR count). The van der Waals surface area contributed by atoms with Gasteiger partial charge in [-0.15, -0.1) is 0 Å². The number of rotatable bonds is 5. The Labute approximate surface area is 271 Å². The highest BCUT2D eigenvalue weighted by Crippen LogP contribution is 2.35. The van der Waals surface area contributed by atoms with Crippen molar-refractivity contribution in [3.8, 4) is 0 Å². The molecule has 46 heavy (non-hydrogen) atoms. The first-order valence-electron chi connectivity index (χ1n) is 16.0. The summed E-state index contributed by atoms with van der Waals surface area (Å²) < 4.78 is 27.9. The molecule has 2 aliphatic rings. The van der Waals surface area contributed by atoms with Gasteiger partial charge in [0.2, 0.25) is 0 Å². The van der Waals surface area contributed by atoms with E-state index in [1.807, 2.05) is 52.0 Å². The van der Waals surface area contributed by atoms with Crippen LogP contribution >= 0.6 is 0 Å². The van der Waals surface area contributed by atoms with Crippen molar-refractivity contribution in [1.82, 2.24) is 9.13 Å². The fraction of sp³-hybridized carbons (Fsp3) is 0.556. The van der Waals surface area contributed by atoms with Crippen molar-refractivity contribution < 1.29 is 23.9 Å². The number of nitro benzene ring substituents is 1. The smallest absolute Gasteiger partial charge is 0.270 e. The second-order valence-electron chi connectivity index (χ2n) is 15.5. The number of hydrogen-bond acceptors (Lipinski definition) is 7. The Balaban J connectivity index is 0.000000182.